The Hall–Kier alpha value is -2.53. The van der Waals surface area contributed by atoms with Crippen LogP contribution in [0.1, 0.15) is 38.5 Å². The Morgan fingerprint density at radius 2 is 1.76 bits per heavy atom. The van der Waals surface area contributed by atoms with Gasteiger partial charge in [0.15, 0.2) is 0 Å². The minimum atomic E-state index is -0.701. The van der Waals surface area contributed by atoms with Crippen LogP contribution in [0.3, 0.4) is 0 Å². The van der Waals surface area contributed by atoms with Crippen LogP contribution in [-0.4, -0.2) is 28.9 Å². The SMILES string of the molecule is COc1ccc2cc(-c3ccccc3)c(SCCCCCCCC(=O)O)nc2c1. The summed E-state index contributed by atoms with van der Waals surface area (Å²) in [7, 11) is 1.67. The number of benzene rings is 2. The molecule has 0 bridgehead atoms. The fraction of sp³-hybridized carbons (Fsp3) is 0.333. The molecule has 3 aromatic rings. The van der Waals surface area contributed by atoms with E-state index >= 15 is 0 Å². The van der Waals surface area contributed by atoms with Crippen LogP contribution < -0.4 is 4.74 Å². The molecular weight excluding hydrogens is 382 g/mol. The van der Waals surface area contributed by atoms with Crippen molar-refractivity contribution in [2.24, 2.45) is 0 Å². The zero-order valence-corrected chi connectivity index (χ0v) is 17.6. The number of thioether (sulfide) groups is 1. The van der Waals surface area contributed by atoms with Crippen LogP contribution in [0, 0.1) is 0 Å². The van der Waals surface area contributed by atoms with Crippen LogP contribution in [0.4, 0.5) is 0 Å². The number of fused-ring (bicyclic) bond motifs is 1. The van der Waals surface area contributed by atoms with Gasteiger partial charge in [0.05, 0.1) is 12.6 Å². The van der Waals surface area contributed by atoms with Gasteiger partial charge in [-0.2, -0.15) is 0 Å². The lowest BCUT2D eigenvalue weighted by atomic mass is 10.1. The van der Waals surface area contributed by atoms with Gasteiger partial charge in [-0.15, -0.1) is 11.8 Å². The number of hydrogen-bond donors (Lipinski definition) is 1. The number of carboxylic acids is 1. The van der Waals surface area contributed by atoms with E-state index in [1.165, 1.54) is 5.56 Å². The topological polar surface area (TPSA) is 59.4 Å². The van der Waals surface area contributed by atoms with E-state index in [9.17, 15) is 4.79 Å². The summed E-state index contributed by atoms with van der Waals surface area (Å²) in [6, 6.07) is 18.6. The van der Waals surface area contributed by atoms with Crippen LogP contribution in [0.2, 0.25) is 0 Å². The maximum absolute atomic E-state index is 10.6. The number of carbonyl (C=O) groups is 1. The summed E-state index contributed by atoms with van der Waals surface area (Å²) in [5, 5.41) is 10.8. The Kier molecular flexibility index (Phi) is 7.94. The van der Waals surface area contributed by atoms with Gasteiger partial charge in [-0.05, 0) is 42.4 Å². The van der Waals surface area contributed by atoms with Gasteiger partial charge >= 0.3 is 5.97 Å². The largest absolute Gasteiger partial charge is 0.497 e. The lowest BCUT2D eigenvalue weighted by Gasteiger charge is -2.11. The van der Waals surface area contributed by atoms with E-state index in [0.29, 0.717) is 0 Å². The Bertz CT molecular complexity index is 944. The minimum absolute atomic E-state index is 0.277. The number of ether oxygens (including phenoxy) is 1. The first kappa shape index (κ1) is 21.2. The number of aromatic nitrogens is 1. The standard InChI is InChI=1S/C24H27NO3S/c1-28-20-14-13-19-16-21(18-10-6-5-7-11-18)24(25-22(19)17-20)29-15-9-4-2-3-8-12-23(26)27/h5-7,10-11,13-14,16-17H,2-4,8-9,12,15H2,1H3,(H,26,27). The Labute approximate surface area is 176 Å². The summed E-state index contributed by atoms with van der Waals surface area (Å²) in [6.45, 7) is 0. The summed E-state index contributed by atoms with van der Waals surface area (Å²) in [5.74, 6) is 1.11. The minimum Gasteiger partial charge on any atom is -0.497 e. The number of hydrogen-bond acceptors (Lipinski definition) is 4. The van der Waals surface area contributed by atoms with Crippen molar-refractivity contribution >= 4 is 28.6 Å². The lowest BCUT2D eigenvalue weighted by molar-refractivity contribution is -0.137. The molecule has 0 fully saturated rings. The number of pyridine rings is 1. The van der Waals surface area contributed by atoms with Crippen molar-refractivity contribution in [3.8, 4) is 16.9 Å². The van der Waals surface area contributed by atoms with Crippen molar-refractivity contribution in [3.05, 3.63) is 54.6 Å². The highest BCUT2D eigenvalue weighted by molar-refractivity contribution is 7.99. The number of unbranched alkanes of at least 4 members (excludes halogenated alkanes) is 4. The molecule has 0 radical (unpaired) electrons. The normalized spacial score (nSPS) is 10.9. The molecule has 1 N–H and O–H groups in total. The molecule has 2 aromatic carbocycles. The fourth-order valence-electron chi connectivity index (χ4n) is 3.27. The van der Waals surface area contributed by atoms with Crippen molar-refractivity contribution in [1.29, 1.82) is 0 Å². The smallest absolute Gasteiger partial charge is 0.303 e. The van der Waals surface area contributed by atoms with Gasteiger partial charge in [0.1, 0.15) is 10.8 Å². The predicted molar refractivity (Wildman–Crippen MR) is 120 cm³/mol. The second-order valence-corrected chi connectivity index (χ2v) is 8.11. The molecule has 3 rings (SSSR count). The first-order chi connectivity index (χ1) is 14.2. The summed E-state index contributed by atoms with van der Waals surface area (Å²) < 4.78 is 5.35. The molecule has 4 nitrogen and oxygen atoms in total. The van der Waals surface area contributed by atoms with Crippen LogP contribution in [0.25, 0.3) is 22.0 Å². The van der Waals surface area contributed by atoms with Gasteiger partial charge in [0, 0.05) is 23.4 Å². The summed E-state index contributed by atoms with van der Waals surface area (Å²) in [6.07, 6.45) is 5.34. The number of carboxylic acid groups (broad SMARTS) is 1. The van der Waals surface area contributed by atoms with Gasteiger partial charge in [0.2, 0.25) is 0 Å². The molecule has 0 saturated heterocycles. The third-order valence-corrected chi connectivity index (χ3v) is 5.93. The molecule has 5 heteroatoms. The van der Waals surface area contributed by atoms with Gasteiger partial charge in [0.25, 0.3) is 0 Å². The molecule has 0 aliphatic carbocycles. The first-order valence-corrected chi connectivity index (χ1v) is 11.0. The van der Waals surface area contributed by atoms with Crippen molar-refractivity contribution in [2.75, 3.05) is 12.9 Å². The average Bonchev–Trinajstić information content (AvgIpc) is 2.75. The average molecular weight is 410 g/mol. The highest BCUT2D eigenvalue weighted by atomic mass is 32.2. The fourth-order valence-corrected chi connectivity index (χ4v) is 4.31. The third kappa shape index (κ3) is 6.23. The molecule has 0 amide bonds. The Morgan fingerprint density at radius 1 is 1.00 bits per heavy atom. The number of nitrogens with zero attached hydrogens (tertiary/aromatic N) is 1. The van der Waals surface area contributed by atoms with E-state index in [0.717, 1.165) is 65.1 Å². The lowest BCUT2D eigenvalue weighted by Crippen LogP contribution is -1.94. The van der Waals surface area contributed by atoms with E-state index in [4.69, 9.17) is 14.8 Å². The van der Waals surface area contributed by atoms with Crippen LogP contribution >= 0.6 is 11.8 Å². The molecule has 1 aromatic heterocycles. The molecule has 1 heterocycles. The molecule has 0 saturated carbocycles. The van der Waals surface area contributed by atoms with Crippen molar-refractivity contribution in [3.63, 3.8) is 0 Å². The van der Waals surface area contributed by atoms with Crippen LogP contribution in [0.15, 0.2) is 59.6 Å². The van der Waals surface area contributed by atoms with Crippen LogP contribution in [-0.2, 0) is 4.79 Å². The second-order valence-electron chi connectivity index (χ2n) is 7.03. The van der Waals surface area contributed by atoms with Crippen molar-refractivity contribution < 1.29 is 14.6 Å². The molecule has 0 unspecified atom stereocenters. The van der Waals surface area contributed by atoms with Gasteiger partial charge < -0.3 is 9.84 Å². The van der Waals surface area contributed by atoms with Gasteiger partial charge in [-0.1, -0.05) is 49.6 Å². The Balaban J connectivity index is 1.68. The van der Waals surface area contributed by atoms with Crippen molar-refractivity contribution in [2.45, 2.75) is 43.6 Å². The molecule has 0 spiro atoms. The second kappa shape index (κ2) is 10.9. The number of aliphatic carboxylic acids is 1. The molecule has 0 aliphatic heterocycles. The van der Waals surface area contributed by atoms with E-state index < -0.39 is 5.97 Å². The molecular formula is C24H27NO3S. The molecule has 29 heavy (non-hydrogen) atoms. The highest BCUT2D eigenvalue weighted by Gasteiger charge is 2.10. The molecule has 0 atom stereocenters. The van der Waals surface area contributed by atoms with Gasteiger partial charge in [-0.3, -0.25) is 4.79 Å². The Morgan fingerprint density at radius 3 is 2.52 bits per heavy atom. The van der Waals surface area contributed by atoms with Gasteiger partial charge in [-0.25, -0.2) is 4.98 Å². The summed E-state index contributed by atoms with van der Waals surface area (Å²) in [5.41, 5.74) is 3.28. The van der Waals surface area contributed by atoms with Crippen LogP contribution in [0.5, 0.6) is 5.75 Å². The predicted octanol–water partition coefficient (Wildman–Crippen LogP) is 6.43. The maximum atomic E-state index is 10.6. The zero-order valence-electron chi connectivity index (χ0n) is 16.8. The first-order valence-electron chi connectivity index (χ1n) is 10.1. The van der Waals surface area contributed by atoms with E-state index in [-0.39, 0.29) is 6.42 Å². The monoisotopic (exact) mass is 409 g/mol. The molecule has 0 aliphatic rings. The van der Waals surface area contributed by atoms with E-state index in [1.54, 1.807) is 18.9 Å². The van der Waals surface area contributed by atoms with E-state index in [2.05, 4.69) is 36.4 Å². The van der Waals surface area contributed by atoms with E-state index in [1.807, 2.05) is 18.2 Å². The molecule has 152 valence electrons. The number of rotatable bonds is 11. The maximum Gasteiger partial charge on any atom is 0.303 e. The highest BCUT2D eigenvalue weighted by Crippen LogP contribution is 2.34. The number of methoxy groups -OCH3 is 1. The third-order valence-electron chi connectivity index (χ3n) is 4.85. The summed E-state index contributed by atoms with van der Waals surface area (Å²) >= 11 is 1.79. The van der Waals surface area contributed by atoms with Crippen molar-refractivity contribution in [1.82, 2.24) is 4.98 Å². The summed E-state index contributed by atoms with van der Waals surface area (Å²) in [4.78, 5) is 15.5. The quantitative estimate of drug-likeness (QED) is 0.292. The zero-order chi connectivity index (χ0) is 20.5.